The predicted molar refractivity (Wildman–Crippen MR) is 78.3 cm³/mol. The lowest BCUT2D eigenvalue weighted by Crippen LogP contribution is -2.26. The molecule has 0 unspecified atom stereocenters. The number of methoxy groups -OCH3 is 1. The highest BCUT2D eigenvalue weighted by Crippen LogP contribution is 2.12. The van der Waals surface area contributed by atoms with E-state index >= 15 is 0 Å². The smallest absolute Gasteiger partial charge is 0.240 e. The zero-order valence-electron chi connectivity index (χ0n) is 11.5. The molecule has 0 spiro atoms. The molecule has 2 aromatic rings. The Bertz CT molecular complexity index is 682. The zero-order chi connectivity index (χ0) is 15.3. The number of sulfonamides is 1. The van der Waals surface area contributed by atoms with Gasteiger partial charge in [0.1, 0.15) is 11.6 Å². The van der Waals surface area contributed by atoms with Gasteiger partial charge in [0.05, 0.1) is 12.0 Å². The van der Waals surface area contributed by atoms with Crippen LogP contribution >= 0.6 is 0 Å². The molecule has 0 amide bonds. The van der Waals surface area contributed by atoms with Gasteiger partial charge in [0.15, 0.2) is 0 Å². The minimum atomic E-state index is -3.60. The van der Waals surface area contributed by atoms with Crippen molar-refractivity contribution in [1.82, 2.24) is 4.72 Å². The van der Waals surface area contributed by atoms with Gasteiger partial charge in [-0.25, -0.2) is 17.5 Å². The maximum Gasteiger partial charge on any atom is 0.240 e. The molecule has 0 atom stereocenters. The van der Waals surface area contributed by atoms with Crippen molar-refractivity contribution in [3.05, 3.63) is 59.9 Å². The second kappa shape index (κ2) is 6.69. The number of hydrogen-bond donors (Lipinski definition) is 1. The first-order valence-corrected chi connectivity index (χ1v) is 7.88. The first-order valence-electron chi connectivity index (χ1n) is 6.39. The van der Waals surface area contributed by atoms with E-state index in [4.69, 9.17) is 4.74 Å². The van der Waals surface area contributed by atoms with Crippen molar-refractivity contribution in [2.24, 2.45) is 0 Å². The lowest BCUT2D eigenvalue weighted by molar-refractivity contribution is 0.414. The van der Waals surface area contributed by atoms with Crippen molar-refractivity contribution in [3.63, 3.8) is 0 Å². The number of hydrogen-bond acceptors (Lipinski definition) is 3. The summed E-state index contributed by atoms with van der Waals surface area (Å²) in [4.78, 5) is 0.0543. The molecule has 2 rings (SSSR count). The summed E-state index contributed by atoms with van der Waals surface area (Å²) in [5.74, 6) is 0.290. The first-order chi connectivity index (χ1) is 10.0. The maximum atomic E-state index is 12.8. The number of nitrogens with one attached hydrogen (secondary N) is 1. The van der Waals surface area contributed by atoms with Crippen LogP contribution in [0.3, 0.4) is 0 Å². The van der Waals surface area contributed by atoms with Crippen molar-refractivity contribution < 1.29 is 17.5 Å². The molecule has 0 aromatic heterocycles. The van der Waals surface area contributed by atoms with Crippen molar-refractivity contribution in [2.75, 3.05) is 13.7 Å². The molecule has 0 radical (unpaired) electrons. The van der Waals surface area contributed by atoms with Gasteiger partial charge >= 0.3 is 0 Å². The van der Waals surface area contributed by atoms with E-state index in [1.54, 1.807) is 7.11 Å². The maximum absolute atomic E-state index is 12.8. The molecule has 21 heavy (non-hydrogen) atoms. The Morgan fingerprint density at radius 1 is 1.05 bits per heavy atom. The molecule has 0 aliphatic heterocycles. The minimum Gasteiger partial charge on any atom is -0.497 e. The lowest BCUT2D eigenvalue weighted by atomic mass is 10.1. The Morgan fingerprint density at radius 3 is 2.24 bits per heavy atom. The zero-order valence-corrected chi connectivity index (χ0v) is 12.4. The Labute approximate surface area is 123 Å². The van der Waals surface area contributed by atoms with Gasteiger partial charge in [-0.15, -0.1) is 0 Å². The van der Waals surface area contributed by atoms with Crippen LogP contribution in [-0.2, 0) is 16.4 Å². The van der Waals surface area contributed by atoms with Crippen molar-refractivity contribution in [2.45, 2.75) is 11.3 Å². The lowest BCUT2D eigenvalue weighted by Gasteiger charge is -2.07. The summed E-state index contributed by atoms with van der Waals surface area (Å²) in [5, 5.41) is 0. The van der Waals surface area contributed by atoms with E-state index < -0.39 is 15.8 Å². The first kappa shape index (κ1) is 15.5. The Hall–Kier alpha value is -1.92. The summed E-state index contributed by atoms with van der Waals surface area (Å²) < 4.78 is 44.3. The highest BCUT2D eigenvalue weighted by Gasteiger charge is 2.12. The van der Waals surface area contributed by atoms with Crippen LogP contribution in [0, 0.1) is 5.82 Å². The third-order valence-corrected chi connectivity index (χ3v) is 4.47. The summed E-state index contributed by atoms with van der Waals surface area (Å²) in [6.07, 6.45) is 0.560. The van der Waals surface area contributed by atoms with Gasteiger partial charge in [0, 0.05) is 6.54 Å². The molecule has 1 N–H and O–H groups in total. The average Bonchev–Trinajstić information content (AvgIpc) is 2.48. The fourth-order valence-electron chi connectivity index (χ4n) is 1.82. The largest absolute Gasteiger partial charge is 0.497 e. The molecule has 4 nitrogen and oxygen atoms in total. The molecule has 6 heteroatoms. The molecular formula is C15H16FNO3S. The van der Waals surface area contributed by atoms with Crippen LogP contribution in [0.4, 0.5) is 4.39 Å². The van der Waals surface area contributed by atoms with Crippen LogP contribution in [-0.4, -0.2) is 22.1 Å². The van der Waals surface area contributed by atoms with E-state index in [0.29, 0.717) is 6.42 Å². The quantitative estimate of drug-likeness (QED) is 0.891. The van der Waals surface area contributed by atoms with Crippen LogP contribution in [0.15, 0.2) is 53.4 Å². The SMILES string of the molecule is COc1ccc(CCNS(=O)(=O)c2ccc(F)cc2)cc1. The molecule has 2 aromatic carbocycles. The monoisotopic (exact) mass is 309 g/mol. The van der Waals surface area contributed by atoms with Gasteiger partial charge in [-0.3, -0.25) is 0 Å². The van der Waals surface area contributed by atoms with Crippen molar-refractivity contribution in [3.8, 4) is 5.75 Å². The third-order valence-electron chi connectivity index (χ3n) is 2.99. The van der Waals surface area contributed by atoms with Gasteiger partial charge < -0.3 is 4.74 Å². The number of benzene rings is 2. The molecule has 0 bridgehead atoms. The minimum absolute atomic E-state index is 0.0543. The van der Waals surface area contributed by atoms with Gasteiger partial charge in [0.2, 0.25) is 10.0 Å². The Kier molecular flexibility index (Phi) is 4.93. The number of rotatable bonds is 6. The van der Waals surface area contributed by atoms with Crippen LogP contribution < -0.4 is 9.46 Å². The number of ether oxygens (including phenoxy) is 1. The van der Waals surface area contributed by atoms with Gasteiger partial charge in [-0.1, -0.05) is 12.1 Å². The molecule has 0 saturated heterocycles. The van der Waals surface area contributed by atoms with E-state index in [2.05, 4.69) is 4.72 Å². The molecule has 0 aliphatic rings. The second-order valence-corrected chi connectivity index (χ2v) is 6.22. The van der Waals surface area contributed by atoms with Crippen LogP contribution in [0.5, 0.6) is 5.75 Å². The van der Waals surface area contributed by atoms with Crippen LogP contribution in [0.1, 0.15) is 5.56 Å². The molecule has 0 aliphatic carbocycles. The average molecular weight is 309 g/mol. The van der Waals surface area contributed by atoms with E-state index in [-0.39, 0.29) is 11.4 Å². The fourth-order valence-corrected chi connectivity index (χ4v) is 2.85. The van der Waals surface area contributed by atoms with E-state index in [1.165, 1.54) is 12.1 Å². The number of halogens is 1. The summed E-state index contributed by atoms with van der Waals surface area (Å²) in [5.41, 5.74) is 0.998. The molecular weight excluding hydrogens is 293 g/mol. The van der Waals surface area contributed by atoms with Crippen molar-refractivity contribution >= 4 is 10.0 Å². The van der Waals surface area contributed by atoms with Gasteiger partial charge in [0.25, 0.3) is 0 Å². The third kappa shape index (κ3) is 4.27. The van der Waals surface area contributed by atoms with E-state index in [1.807, 2.05) is 24.3 Å². The molecule has 0 fully saturated rings. The Balaban J connectivity index is 1.93. The molecule has 112 valence electrons. The topological polar surface area (TPSA) is 55.4 Å². The molecule has 0 heterocycles. The summed E-state index contributed by atoms with van der Waals surface area (Å²) >= 11 is 0. The Morgan fingerprint density at radius 2 is 1.67 bits per heavy atom. The summed E-state index contributed by atoms with van der Waals surface area (Å²) in [7, 11) is -2.01. The van der Waals surface area contributed by atoms with Crippen molar-refractivity contribution in [1.29, 1.82) is 0 Å². The highest BCUT2D eigenvalue weighted by molar-refractivity contribution is 7.89. The van der Waals surface area contributed by atoms with Crippen LogP contribution in [0.25, 0.3) is 0 Å². The van der Waals surface area contributed by atoms with E-state index in [0.717, 1.165) is 23.4 Å². The van der Waals surface area contributed by atoms with E-state index in [9.17, 15) is 12.8 Å². The molecule has 0 saturated carbocycles. The predicted octanol–water partition coefficient (Wildman–Crippen LogP) is 2.36. The summed E-state index contributed by atoms with van der Waals surface area (Å²) in [6.45, 7) is 0.270. The second-order valence-electron chi connectivity index (χ2n) is 4.45. The standard InChI is InChI=1S/C15H16FNO3S/c1-20-14-6-2-12(3-7-14)10-11-17-21(18,19)15-8-4-13(16)5-9-15/h2-9,17H,10-11H2,1H3. The highest BCUT2D eigenvalue weighted by atomic mass is 32.2. The van der Waals surface area contributed by atoms with Gasteiger partial charge in [-0.2, -0.15) is 0 Å². The van der Waals surface area contributed by atoms with Gasteiger partial charge in [-0.05, 0) is 48.4 Å². The fraction of sp³-hybridized carbons (Fsp3) is 0.200. The van der Waals surface area contributed by atoms with Crippen LogP contribution in [0.2, 0.25) is 0 Å². The summed E-state index contributed by atoms with van der Waals surface area (Å²) in [6, 6.07) is 12.1. The normalized spacial score (nSPS) is 11.3.